The lowest BCUT2D eigenvalue weighted by Gasteiger charge is -1.95. The Morgan fingerprint density at radius 1 is 1.41 bits per heavy atom. The zero-order chi connectivity index (χ0) is 12.9. The number of thiol groups is 1. The number of carbonyl (C=O) groups is 1. The van der Waals surface area contributed by atoms with Crippen molar-refractivity contribution in [1.82, 2.24) is 5.32 Å². The first-order valence-corrected chi connectivity index (χ1v) is 6.09. The molecule has 0 aromatic heterocycles. The van der Waals surface area contributed by atoms with Crippen molar-refractivity contribution in [3.63, 3.8) is 0 Å². The van der Waals surface area contributed by atoms with Crippen molar-refractivity contribution in [2.24, 2.45) is 0 Å². The Balaban J connectivity index is 0.000000236. The molecule has 2 rings (SSSR count). The van der Waals surface area contributed by atoms with Crippen LogP contribution in [0, 0.1) is 0 Å². The van der Waals surface area contributed by atoms with Crippen molar-refractivity contribution in [3.05, 3.63) is 30.3 Å². The summed E-state index contributed by atoms with van der Waals surface area (Å²) in [4.78, 5) is 9.97. The fourth-order valence-corrected chi connectivity index (χ4v) is 1.46. The first kappa shape index (κ1) is 16.0. The molecule has 96 valence electrons. The summed E-state index contributed by atoms with van der Waals surface area (Å²) in [7, 11) is 1.31. The van der Waals surface area contributed by atoms with Crippen LogP contribution in [-0.2, 0) is 9.53 Å². The smallest absolute Gasteiger partial charge is 0.292 e. The van der Waals surface area contributed by atoms with Crippen LogP contribution < -0.4 is 5.32 Å². The monoisotopic (exact) mass is 255 g/mol. The number of nitrogens with one attached hydrogen (secondary N) is 1. The van der Waals surface area contributed by atoms with Gasteiger partial charge in [-0.3, -0.25) is 4.79 Å². The summed E-state index contributed by atoms with van der Waals surface area (Å²) in [6.07, 6.45) is 2.75. The highest BCUT2D eigenvalue weighted by Crippen LogP contribution is 2.01. The topological polar surface area (TPSA) is 38.3 Å². The molecular formula is C13H21NO2S. The average Bonchev–Trinajstić information content (AvgIpc) is 2.82. The van der Waals surface area contributed by atoms with Crippen LogP contribution in [0.5, 0.6) is 0 Å². The van der Waals surface area contributed by atoms with Gasteiger partial charge in [0.15, 0.2) is 0 Å². The molecule has 0 spiro atoms. The van der Waals surface area contributed by atoms with Gasteiger partial charge in [-0.2, -0.15) is 0 Å². The van der Waals surface area contributed by atoms with E-state index in [1.165, 1.54) is 26.5 Å². The van der Waals surface area contributed by atoms with Crippen LogP contribution in [0.4, 0.5) is 0 Å². The molecule has 1 aromatic carbocycles. The molecule has 1 N–H and O–H groups in total. The molecule has 0 radical (unpaired) electrons. The van der Waals surface area contributed by atoms with Crippen LogP contribution in [-0.4, -0.2) is 26.2 Å². The molecule has 1 aromatic rings. The third kappa shape index (κ3) is 11.3. The predicted octanol–water partition coefficient (Wildman–Crippen LogP) is 2.52. The quantitative estimate of drug-likeness (QED) is 0.598. The Morgan fingerprint density at radius 3 is 2.18 bits per heavy atom. The second-order valence-electron chi connectivity index (χ2n) is 3.66. The molecule has 4 heteroatoms. The number of benzene rings is 1. The lowest BCUT2D eigenvalue weighted by atomic mass is 10.3. The van der Waals surface area contributed by atoms with E-state index in [1.54, 1.807) is 0 Å². The molecule has 1 aliphatic heterocycles. The fraction of sp³-hybridized carbons (Fsp3) is 0.462. The van der Waals surface area contributed by atoms with Crippen molar-refractivity contribution < 1.29 is 9.53 Å². The average molecular weight is 255 g/mol. The van der Waals surface area contributed by atoms with Gasteiger partial charge in [0.1, 0.15) is 0 Å². The highest BCUT2D eigenvalue weighted by molar-refractivity contribution is 7.80. The van der Waals surface area contributed by atoms with Crippen molar-refractivity contribution in [2.75, 3.05) is 13.7 Å². The number of hydrogen-bond acceptors (Lipinski definition) is 4. The minimum atomic E-state index is 0.375. The molecule has 0 saturated carbocycles. The van der Waals surface area contributed by atoms with Gasteiger partial charge in [-0.1, -0.05) is 18.2 Å². The maximum Gasteiger partial charge on any atom is 0.292 e. The van der Waals surface area contributed by atoms with Crippen LogP contribution >= 0.6 is 12.6 Å². The molecule has 1 fully saturated rings. The van der Waals surface area contributed by atoms with Crippen molar-refractivity contribution in [3.8, 4) is 0 Å². The number of methoxy groups -OCH3 is 1. The summed E-state index contributed by atoms with van der Waals surface area (Å²) < 4.78 is 3.86. The molecule has 17 heavy (non-hydrogen) atoms. The van der Waals surface area contributed by atoms with Gasteiger partial charge in [0.2, 0.25) is 0 Å². The third-order valence-electron chi connectivity index (χ3n) is 2.16. The van der Waals surface area contributed by atoms with Crippen LogP contribution in [0.3, 0.4) is 0 Å². The molecule has 1 heterocycles. The minimum absolute atomic E-state index is 0.375. The zero-order valence-corrected chi connectivity index (χ0v) is 11.3. The van der Waals surface area contributed by atoms with Gasteiger partial charge in [0, 0.05) is 10.9 Å². The predicted molar refractivity (Wildman–Crippen MR) is 73.5 cm³/mol. The van der Waals surface area contributed by atoms with Gasteiger partial charge < -0.3 is 10.1 Å². The molecule has 3 nitrogen and oxygen atoms in total. The van der Waals surface area contributed by atoms with Crippen molar-refractivity contribution in [1.29, 1.82) is 0 Å². The molecule has 1 unspecified atom stereocenters. The van der Waals surface area contributed by atoms with Crippen LogP contribution in [0.15, 0.2) is 35.2 Å². The fourth-order valence-electron chi connectivity index (χ4n) is 1.29. The standard InChI is InChI=1S/C6H6S.C5H11N.C2H4O2/c7-6-4-2-1-3-5-6;1-5-3-2-4-6-5;1-4-2-3/h1-5,7H;5-6H,2-4H2,1H3;2H,1H3. The minimum Gasteiger partial charge on any atom is -0.471 e. The zero-order valence-electron chi connectivity index (χ0n) is 10.4. The molecule has 1 atom stereocenters. The maximum absolute atomic E-state index is 8.95. The van der Waals surface area contributed by atoms with Gasteiger partial charge in [-0.25, -0.2) is 0 Å². The second kappa shape index (κ2) is 11.5. The van der Waals surface area contributed by atoms with E-state index in [9.17, 15) is 0 Å². The van der Waals surface area contributed by atoms with Crippen LogP contribution in [0.2, 0.25) is 0 Å². The Hall–Kier alpha value is -1.00. The Morgan fingerprint density at radius 2 is 2.00 bits per heavy atom. The molecule has 0 aliphatic carbocycles. The summed E-state index contributed by atoms with van der Waals surface area (Å²) in [5, 5.41) is 3.32. The van der Waals surface area contributed by atoms with E-state index in [2.05, 4.69) is 29.6 Å². The van der Waals surface area contributed by atoms with Crippen LogP contribution in [0.1, 0.15) is 19.8 Å². The number of rotatable bonds is 1. The van der Waals surface area contributed by atoms with Gasteiger partial charge in [-0.05, 0) is 38.4 Å². The molecule has 0 amide bonds. The van der Waals surface area contributed by atoms with Crippen LogP contribution in [0.25, 0.3) is 0 Å². The highest BCUT2D eigenvalue weighted by atomic mass is 32.1. The summed E-state index contributed by atoms with van der Waals surface area (Å²) in [6, 6.07) is 10.6. The van der Waals surface area contributed by atoms with E-state index in [-0.39, 0.29) is 0 Å². The summed E-state index contributed by atoms with van der Waals surface area (Å²) >= 11 is 4.08. The normalized spacial score (nSPS) is 17.0. The number of ether oxygens (including phenoxy) is 1. The van der Waals surface area contributed by atoms with Crippen molar-refractivity contribution >= 4 is 19.1 Å². The van der Waals surface area contributed by atoms with E-state index in [4.69, 9.17) is 4.79 Å². The Kier molecular flexibility index (Phi) is 10.8. The Labute approximate surface area is 109 Å². The van der Waals surface area contributed by atoms with E-state index in [0.717, 1.165) is 10.9 Å². The number of carbonyl (C=O) groups excluding carboxylic acids is 1. The second-order valence-corrected chi connectivity index (χ2v) is 4.18. The SMILES string of the molecule is CC1CCCN1.COC=O.Sc1ccccc1. The van der Waals surface area contributed by atoms with E-state index < -0.39 is 0 Å². The van der Waals surface area contributed by atoms with Gasteiger partial charge >= 0.3 is 0 Å². The number of hydrogen-bond donors (Lipinski definition) is 2. The summed E-state index contributed by atoms with van der Waals surface area (Å²) in [5.74, 6) is 0. The largest absolute Gasteiger partial charge is 0.471 e. The summed E-state index contributed by atoms with van der Waals surface area (Å²) in [5.41, 5.74) is 0. The molecule has 1 aliphatic rings. The van der Waals surface area contributed by atoms with Gasteiger partial charge in [-0.15, -0.1) is 12.6 Å². The molecule has 1 saturated heterocycles. The molecular weight excluding hydrogens is 234 g/mol. The lowest BCUT2D eigenvalue weighted by Crippen LogP contribution is -2.16. The first-order chi connectivity index (χ1) is 8.20. The molecule has 0 bridgehead atoms. The maximum atomic E-state index is 8.95. The highest BCUT2D eigenvalue weighted by Gasteiger charge is 2.05. The summed E-state index contributed by atoms with van der Waals surface area (Å²) in [6.45, 7) is 3.84. The lowest BCUT2D eigenvalue weighted by molar-refractivity contribution is -0.126. The van der Waals surface area contributed by atoms with Gasteiger partial charge in [0.25, 0.3) is 6.47 Å². The van der Waals surface area contributed by atoms with Gasteiger partial charge in [0.05, 0.1) is 7.11 Å². The van der Waals surface area contributed by atoms with E-state index >= 15 is 0 Å². The van der Waals surface area contributed by atoms with Crippen molar-refractivity contribution in [2.45, 2.75) is 30.7 Å². The first-order valence-electron chi connectivity index (χ1n) is 5.64. The third-order valence-corrected chi connectivity index (χ3v) is 2.46. The van der Waals surface area contributed by atoms with E-state index in [0.29, 0.717) is 6.47 Å². The van der Waals surface area contributed by atoms with E-state index in [1.807, 2.05) is 30.3 Å². The Bertz CT molecular complexity index is 274.